The lowest BCUT2D eigenvalue weighted by Gasteiger charge is -2.31. The number of hydrogen-bond acceptors (Lipinski definition) is 6. The quantitative estimate of drug-likeness (QED) is 0.774. The number of pyridine rings is 1. The zero-order valence-corrected chi connectivity index (χ0v) is 16.3. The fourth-order valence-corrected chi connectivity index (χ4v) is 4.98. The van der Waals surface area contributed by atoms with Gasteiger partial charge in [-0.15, -0.1) is 0 Å². The van der Waals surface area contributed by atoms with E-state index in [0.717, 1.165) is 18.5 Å². The van der Waals surface area contributed by atoms with E-state index in [4.69, 9.17) is 14.5 Å². The van der Waals surface area contributed by atoms with Gasteiger partial charge in [-0.1, -0.05) is 6.07 Å². The molecule has 3 aliphatic rings. The van der Waals surface area contributed by atoms with Gasteiger partial charge in [0.1, 0.15) is 11.4 Å². The van der Waals surface area contributed by atoms with Gasteiger partial charge in [-0.3, -0.25) is 4.90 Å². The van der Waals surface area contributed by atoms with Crippen LogP contribution in [-0.2, 0) is 19.5 Å². The van der Waals surface area contributed by atoms with E-state index in [1.54, 1.807) is 4.90 Å². The van der Waals surface area contributed by atoms with Crippen LogP contribution in [0.3, 0.4) is 0 Å². The first-order chi connectivity index (χ1) is 12.9. The van der Waals surface area contributed by atoms with Gasteiger partial charge in [-0.05, 0) is 25.0 Å². The van der Waals surface area contributed by atoms with E-state index < -0.39 is 15.6 Å². The largest absolute Gasteiger partial charge is 0.440 e. The van der Waals surface area contributed by atoms with Crippen LogP contribution in [0.1, 0.15) is 37.3 Å². The number of carbonyl (C=O) groups is 1. The average Bonchev–Trinajstić information content (AvgIpc) is 2.97. The van der Waals surface area contributed by atoms with Crippen molar-refractivity contribution < 1.29 is 22.7 Å². The molecule has 0 unspecified atom stereocenters. The number of aromatic nitrogens is 1. The van der Waals surface area contributed by atoms with Crippen molar-refractivity contribution in [2.75, 3.05) is 44.0 Å². The summed E-state index contributed by atoms with van der Waals surface area (Å²) in [4.78, 5) is 18.8. The second kappa shape index (κ2) is 7.03. The van der Waals surface area contributed by atoms with Crippen molar-refractivity contribution in [3.63, 3.8) is 0 Å². The summed E-state index contributed by atoms with van der Waals surface area (Å²) in [6, 6.07) is 5.69. The lowest BCUT2D eigenvalue weighted by Crippen LogP contribution is -2.40. The molecule has 9 heteroatoms. The Morgan fingerprint density at radius 1 is 1.19 bits per heavy atom. The summed E-state index contributed by atoms with van der Waals surface area (Å²) in [5, 5.41) is 0. The van der Waals surface area contributed by atoms with E-state index in [2.05, 4.69) is 0 Å². The molecule has 0 aromatic carbocycles. The zero-order valence-electron chi connectivity index (χ0n) is 15.5. The fraction of sp³-hybridized carbons (Fsp3) is 0.667. The first-order valence-corrected chi connectivity index (χ1v) is 11.2. The highest BCUT2D eigenvalue weighted by Crippen LogP contribution is 2.35. The van der Waals surface area contributed by atoms with Gasteiger partial charge in [-0.25, -0.2) is 22.5 Å². The molecule has 0 saturated carbocycles. The Labute approximate surface area is 159 Å². The molecule has 4 heterocycles. The van der Waals surface area contributed by atoms with E-state index in [1.165, 1.54) is 10.6 Å². The molecule has 0 atom stereocenters. The van der Waals surface area contributed by atoms with Crippen molar-refractivity contribution >= 4 is 21.9 Å². The number of rotatable bonds is 3. The van der Waals surface area contributed by atoms with E-state index in [0.29, 0.717) is 51.5 Å². The predicted molar refractivity (Wildman–Crippen MR) is 99.2 cm³/mol. The SMILES string of the molecule is CS(=O)(=O)N1CCC(c2cccc(N3CC4(CCOCC4)OC3=O)n2)CC1. The normalized spacial score (nSPS) is 24.3. The summed E-state index contributed by atoms with van der Waals surface area (Å²) < 4.78 is 36.0. The second-order valence-electron chi connectivity index (χ2n) is 7.61. The molecule has 0 bridgehead atoms. The molecule has 3 saturated heterocycles. The number of amides is 1. The Morgan fingerprint density at radius 3 is 2.56 bits per heavy atom. The fourth-order valence-electron chi connectivity index (χ4n) is 4.10. The summed E-state index contributed by atoms with van der Waals surface area (Å²) in [6.45, 7) is 2.72. The van der Waals surface area contributed by atoms with E-state index in [9.17, 15) is 13.2 Å². The summed E-state index contributed by atoms with van der Waals surface area (Å²) in [5.41, 5.74) is 0.440. The van der Waals surface area contributed by atoms with Gasteiger partial charge in [-0.2, -0.15) is 0 Å². The van der Waals surface area contributed by atoms with Crippen LogP contribution in [0.2, 0.25) is 0 Å². The van der Waals surface area contributed by atoms with E-state index >= 15 is 0 Å². The smallest absolute Gasteiger partial charge is 0.416 e. The topological polar surface area (TPSA) is 89.0 Å². The number of anilines is 1. The minimum absolute atomic E-state index is 0.193. The van der Waals surface area contributed by atoms with Crippen LogP contribution in [0, 0.1) is 0 Å². The molecule has 27 heavy (non-hydrogen) atoms. The highest BCUT2D eigenvalue weighted by Gasteiger charge is 2.47. The summed E-state index contributed by atoms with van der Waals surface area (Å²) in [5.74, 6) is 0.796. The number of carbonyl (C=O) groups excluding carboxylic acids is 1. The second-order valence-corrected chi connectivity index (χ2v) is 9.59. The number of sulfonamides is 1. The van der Waals surface area contributed by atoms with Crippen molar-refractivity contribution in [2.45, 2.75) is 37.2 Å². The van der Waals surface area contributed by atoms with Crippen LogP contribution in [0.15, 0.2) is 18.2 Å². The molecular weight excluding hydrogens is 370 g/mol. The van der Waals surface area contributed by atoms with Crippen molar-refractivity contribution in [1.29, 1.82) is 0 Å². The summed E-state index contributed by atoms with van der Waals surface area (Å²) in [6.07, 6.45) is 3.77. The molecule has 1 aromatic rings. The molecule has 1 amide bonds. The lowest BCUT2D eigenvalue weighted by atomic mass is 9.94. The Kier molecular flexibility index (Phi) is 4.85. The molecule has 148 valence electrons. The Bertz CT molecular complexity index is 814. The number of nitrogens with zero attached hydrogens (tertiary/aromatic N) is 3. The molecule has 4 rings (SSSR count). The van der Waals surface area contributed by atoms with Gasteiger partial charge in [0.15, 0.2) is 0 Å². The first-order valence-electron chi connectivity index (χ1n) is 9.37. The Morgan fingerprint density at radius 2 is 1.89 bits per heavy atom. The van der Waals surface area contributed by atoms with Crippen LogP contribution in [-0.4, -0.2) is 68.5 Å². The maximum Gasteiger partial charge on any atom is 0.416 e. The van der Waals surface area contributed by atoms with Crippen LogP contribution in [0.4, 0.5) is 10.6 Å². The maximum absolute atomic E-state index is 12.4. The van der Waals surface area contributed by atoms with Gasteiger partial charge >= 0.3 is 6.09 Å². The van der Waals surface area contributed by atoms with Crippen molar-refractivity contribution in [1.82, 2.24) is 9.29 Å². The highest BCUT2D eigenvalue weighted by molar-refractivity contribution is 7.88. The number of piperidine rings is 1. The van der Waals surface area contributed by atoms with Gasteiger partial charge in [0.25, 0.3) is 0 Å². The molecule has 0 radical (unpaired) electrons. The number of ether oxygens (including phenoxy) is 2. The van der Waals surface area contributed by atoms with E-state index in [1.807, 2.05) is 18.2 Å². The third-order valence-corrected chi connectivity index (χ3v) is 7.05. The molecule has 0 N–H and O–H groups in total. The predicted octanol–water partition coefficient (Wildman–Crippen LogP) is 1.73. The minimum Gasteiger partial charge on any atom is -0.440 e. The standard InChI is InChI=1S/C18H25N3O5S/c1-27(23,24)20-9-5-14(6-10-20)15-3-2-4-16(19-15)21-13-18(26-17(21)22)7-11-25-12-8-18/h2-4,14H,5-13H2,1H3. The van der Waals surface area contributed by atoms with Crippen LogP contribution < -0.4 is 4.90 Å². The van der Waals surface area contributed by atoms with Crippen molar-refractivity contribution in [3.8, 4) is 0 Å². The first kappa shape index (κ1) is 18.6. The third kappa shape index (κ3) is 3.81. The lowest BCUT2D eigenvalue weighted by molar-refractivity contribution is -0.0431. The average molecular weight is 395 g/mol. The molecule has 0 aliphatic carbocycles. The van der Waals surface area contributed by atoms with Crippen LogP contribution >= 0.6 is 0 Å². The molecule has 1 aromatic heterocycles. The maximum atomic E-state index is 12.4. The molecule has 1 spiro atoms. The van der Waals surface area contributed by atoms with Crippen molar-refractivity contribution in [3.05, 3.63) is 23.9 Å². The zero-order chi connectivity index (χ0) is 19.1. The molecule has 8 nitrogen and oxygen atoms in total. The minimum atomic E-state index is -3.14. The molecule has 3 fully saturated rings. The van der Waals surface area contributed by atoms with Gasteiger partial charge in [0.05, 0.1) is 26.0 Å². The van der Waals surface area contributed by atoms with Gasteiger partial charge in [0, 0.05) is 37.5 Å². The van der Waals surface area contributed by atoms with Gasteiger partial charge in [0.2, 0.25) is 10.0 Å². The third-order valence-electron chi connectivity index (χ3n) is 5.75. The van der Waals surface area contributed by atoms with Crippen LogP contribution in [0.5, 0.6) is 0 Å². The number of hydrogen-bond donors (Lipinski definition) is 0. The monoisotopic (exact) mass is 395 g/mol. The van der Waals surface area contributed by atoms with Gasteiger partial charge < -0.3 is 9.47 Å². The summed E-state index contributed by atoms with van der Waals surface area (Å²) in [7, 11) is -3.14. The molecule has 3 aliphatic heterocycles. The van der Waals surface area contributed by atoms with E-state index in [-0.39, 0.29) is 12.0 Å². The molecular formula is C18H25N3O5S. The Balaban J connectivity index is 1.48. The summed E-state index contributed by atoms with van der Waals surface area (Å²) >= 11 is 0. The van der Waals surface area contributed by atoms with Crippen molar-refractivity contribution in [2.24, 2.45) is 0 Å². The Hall–Kier alpha value is -1.71. The van der Waals surface area contributed by atoms with Crippen LogP contribution in [0.25, 0.3) is 0 Å². The highest BCUT2D eigenvalue weighted by atomic mass is 32.2.